The van der Waals surface area contributed by atoms with Crippen molar-refractivity contribution in [1.29, 1.82) is 5.26 Å². The molecule has 2 heterocycles. The lowest BCUT2D eigenvalue weighted by atomic mass is 9.61. The summed E-state index contributed by atoms with van der Waals surface area (Å²) in [6, 6.07) is 0.732. The topological polar surface area (TPSA) is 50.8 Å². The maximum absolute atomic E-state index is 13.1. The van der Waals surface area contributed by atoms with Gasteiger partial charge in [0, 0.05) is 31.0 Å². The molecule has 1 aliphatic carbocycles. The van der Waals surface area contributed by atoms with Gasteiger partial charge in [-0.25, -0.2) is 0 Å². The predicted octanol–water partition coefficient (Wildman–Crippen LogP) is 3.61. The number of aromatic nitrogens is 2. The van der Waals surface area contributed by atoms with Crippen molar-refractivity contribution >= 4 is 11.8 Å². The molecule has 3 rings (SSSR count). The Morgan fingerprint density at radius 1 is 1.38 bits per heavy atom. The van der Waals surface area contributed by atoms with E-state index in [4.69, 9.17) is 10.00 Å². The van der Waals surface area contributed by atoms with Crippen molar-refractivity contribution in [2.45, 2.75) is 42.9 Å². The number of hydrogen-bond acceptors (Lipinski definition) is 4. The summed E-state index contributed by atoms with van der Waals surface area (Å²) >= 11 is 0.659. The Morgan fingerprint density at radius 2 is 2.05 bits per heavy atom. The Bertz CT molecular complexity index is 564. The monoisotopic (exact) mass is 317 g/mol. The summed E-state index contributed by atoms with van der Waals surface area (Å²) in [5, 5.41) is 14.4. The third-order valence-corrected chi connectivity index (χ3v) is 4.89. The van der Waals surface area contributed by atoms with Crippen LogP contribution in [-0.2, 0) is 10.9 Å². The molecule has 8 heteroatoms. The number of alkyl halides is 3. The molecule has 2 fully saturated rings. The number of halogens is 3. The van der Waals surface area contributed by atoms with Crippen LogP contribution in [0.1, 0.15) is 37.4 Å². The van der Waals surface area contributed by atoms with Crippen molar-refractivity contribution in [3.05, 3.63) is 11.8 Å². The van der Waals surface area contributed by atoms with Crippen LogP contribution in [0.5, 0.6) is 0 Å². The number of hydrogen-bond donors (Lipinski definition) is 0. The Labute approximate surface area is 124 Å². The average Bonchev–Trinajstić information content (AvgIpc) is 2.81. The van der Waals surface area contributed by atoms with Gasteiger partial charge in [0.1, 0.15) is 16.1 Å². The molecule has 0 N–H and O–H groups in total. The summed E-state index contributed by atoms with van der Waals surface area (Å²) in [6.45, 7) is 1.38. The van der Waals surface area contributed by atoms with Crippen molar-refractivity contribution in [3.8, 4) is 5.40 Å². The fraction of sp³-hybridized carbons (Fsp3) is 0.692. The van der Waals surface area contributed by atoms with Gasteiger partial charge in [-0.3, -0.25) is 4.68 Å². The molecular weight excluding hydrogens is 303 g/mol. The zero-order valence-corrected chi connectivity index (χ0v) is 12.0. The molecule has 114 valence electrons. The molecule has 1 spiro atoms. The van der Waals surface area contributed by atoms with Crippen LogP contribution in [0, 0.1) is 16.1 Å². The Hall–Kier alpha value is -1.20. The van der Waals surface area contributed by atoms with E-state index in [0.717, 1.165) is 23.6 Å². The standard InChI is InChI=1S/C13H14F3N3OS/c14-13(15,16)10-5-11(21-8-17)18-19(10)9-6-12(7-9)1-3-20-4-2-12/h5,9H,1-4,6-7H2. The van der Waals surface area contributed by atoms with Gasteiger partial charge in [-0.1, -0.05) is 0 Å². The minimum absolute atomic E-state index is 0.109. The molecule has 1 saturated heterocycles. The maximum Gasteiger partial charge on any atom is 0.433 e. The third kappa shape index (κ3) is 2.77. The fourth-order valence-electron chi connectivity index (χ4n) is 3.28. The second kappa shape index (κ2) is 5.21. The van der Waals surface area contributed by atoms with Crippen molar-refractivity contribution in [3.63, 3.8) is 0 Å². The normalized spacial score (nSPS) is 22.0. The van der Waals surface area contributed by atoms with Crippen molar-refractivity contribution in [1.82, 2.24) is 9.78 Å². The van der Waals surface area contributed by atoms with E-state index in [0.29, 0.717) is 37.8 Å². The smallest absolute Gasteiger partial charge is 0.381 e. The SMILES string of the molecule is N#CSc1cc(C(F)(F)F)n(C2CC3(CCOCC3)C2)n1. The van der Waals surface area contributed by atoms with Gasteiger partial charge in [0.15, 0.2) is 0 Å². The number of nitriles is 1. The number of ether oxygens (including phenoxy) is 1. The zero-order chi connectivity index (χ0) is 15.1. The third-order valence-electron chi connectivity index (χ3n) is 4.39. The first-order chi connectivity index (χ1) is 9.93. The molecular formula is C13H14F3N3OS. The molecule has 0 bridgehead atoms. The molecule has 1 aromatic rings. The molecule has 0 amide bonds. The predicted molar refractivity (Wildman–Crippen MR) is 69.5 cm³/mol. The Balaban J connectivity index is 1.81. The molecule has 1 saturated carbocycles. The van der Waals surface area contributed by atoms with Crippen LogP contribution in [0.3, 0.4) is 0 Å². The van der Waals surface area contributed by atoms with Crippen molar-refractivity contribution < 1.29 is 17.9 Å². The number of nitrogens with zero attached hydrogens (tertiary/aromatic N) is 3. The average molecular weight is 317 g/mol. The number of rotatable bonds is 2. The van der Waals surface area contributed by atoms with Crippen LogP contribution in [0.2, 0.25) is 0 Å². The van der Waals surface area contributed by atoms with Gasteiger partial charge in [-0.15, -0.1) is 0 Å². The number of thiocyanates is 1. The minimum atomic E-state index is -4.44. The lowest BCUT2D eigenvalue weighted by molar-refractivity contribution is -0.148. The molecule has 2 aliphatic rings. The van der Waals surface area contributed by atoms with Crippen LogP contribution in [0.15, 0.2) is 11.1 Å². The summed E-state index contributed by atoms with van der Waals surface area (Å²) in [7, 11) is 0. The summed E-state index contributed by atoms with van der Waals surface area (Å²) in [5.41, 5.74) is -0.632. The van der Waals surface area contributed by atoms with Crippen LogP contribution >= 0.6 is 11.8 Å². The molecule has 0 radical (unpaired) electrons. The van der Waals surface area contributed by atoms with E-state index in [9.17, 15) is 13.2 Å². The highest BCUT2D eigenvalue weighted by molar-refractivity contribution is 8.03. The van der Waals surface area contributed by atoms with Crippen LogP contribution < -0.4 is 0 Å². The first-order valence-corrected chi connectivity index (χ1v) is 7.56. The molecule has 0 atom stereocenters. The maximum atomic E-state index is 13.1. The zero-order valence-electron chi connectivity index (χ0n) is 11.2. The fourth-order valence-corrected chi connectivity index (χ4v) is 3.68. The molecule has 0 unspecified atom stereocenters. The van der Waals surface area contributed by atoms with Gasteiger partial charge in [-0.05, 0) is 31.1 Å². The van der Waals surface area contributed by atoms with Crippen LogP contribution in [0.4, 0.5) is 13.2 Å². The highest BCUT2D eigenvalue weighted by atomic mass is 32.2. The molecule has 0 aromatic carbocycles. The van der Waals surface area contributed by atoms with Gasteiger partial charge in [0.25, 0.3) is 0 Å². The van der Waals surface area contributed by atoms with E-state index in [1.165, 1.54) is 0 Å². The van der Waals surface area contributed by atoms with E-state index in [2.05, 4.69) is 5.10 Å². The lowest BCUT2D eigenvalue weighted by Gasteiger charge is -2.50. The highest BCUT2D eigenvalue weighted by Gasteiger charge is 2.48. The van der Waals surface area contributed by atoms with Gasteiger partial charge >= 0.3 is 6.18 Å². The van der Waals surface area contributed by atoms with E-state index in [-0.39, 0.29) is 16.5 Å². The van der Waals surface area contributed by atoms with Crippen molar-refractivity contribution in [2.75, 3.05) is 13.2 Å². The molecule has 21 heavy (non-hydrogen) atoms. The van der Waals surface area contributed by atoms with Crippen LogP contribution in [0.25, 0.3) is 0 Å². The van der Waals surface area contributed by atoms with Gasteiger partial charge in [0.2, 0.25) is 0 Å². The summed E-state index contributed by atoms with van der Waals surface area (Å²) in [5.74, 6) is 0. The lowest BCUT2D eigenvalue weighted by Crippen LogP contribution is -2.43. The first-order valence-electron chi connectivity index (χ1n) is 6.74. The first kappa shape index (κ1) is 14.7. The second-order valence-corrected chi connectivity index (χ2v) is 6.48. The van der Waals surface area contributed by atoms with E-state index < -0.39 is 11.9 Å². The van der Waals surface area contributed by atoms with Crippen LogP contribution in [-0.4, -0.2) is 23.0 Å². The number of thioether (sulfide) groups is 1. The Morgan fingerprint density at radius 3 is 2.62 bits per heavy atom. The van der Waals surface area contributed by atoms with E-state index in [1.54, 1.807) is 5.40 Å². The second-order valence-electron chi connectivity index (χ2n) is 5.68. The quantitative estimate of drug-likeness (QED) is 0.617. The molecule has 1 aliphatic heterocycles. The van der Waals surface area contributed by atoms with E-state index in [1.807, 2.05) is 0 Å². The molecule has 1 aromatic heterocycles. The molecule has 4 nitrogen and oxygen atoms in total. The largest absolute Gasteiger partial charge is 0.433 e. The summed E-state index contributed by atoms with van der Waals surface area (Å²) in [4.78, 5) is 0. The van der Waals surface area contributed by atoms with Gasteiger partial charge in [-0.2, -0.15) is 23.5 Å². The van der Waals surface area contributed by atoms with E-state index >= 15 is 0 Å². The Kier molecular flexibility index (Phi) is 3.66. The van der Waals surface area contributed by atoms with Crippen molar-refractivity contribution in [2.24, 2.45) is 5.41 Å². The van der Waals surface area contributed by atoms with Gasteiger partial charge < -0.3 is 4.74 Å². The summed E-state index contributed by atoms with van der Waals surface area (Å²) in [6.07, 6.45) is -1.22. The minimum Gasteiger partial charge on any atom is -0.381 e. The highest BCUT2D eigenvalue weighted by Crippen LogP contribution is 2.55. The summed E-state index contributed by atoms with van der Waals surface area (Å²) < 4.78 is 45.6. The van der Waals surface area contributed by atoms with Gasteiger partial charge in [0.05, 0.1) is 6.04 Å².